The maximum Gasteiger partial charge on any atom is 0.252 e. The molecule has 0 heterocycles. The molecule has 0 aliphatic heterocycles. The fourth-order valence-corrected chi connectivity index (χ4v) is 4.93. The van der Waals surface area contributed by atoms with Crippen LogP contribution >= 0.6 is 24.0 Å². The molecule has 0 fully saturated rings. The van der Waals surface area contributed by atoms with Gasteiger partial charge in [0.15, 0.2) is 0 Å². The van der Waals surface area contributed by atoms with Crippen LogP contribution in [0, 0.1) is 6.92 Å². The van der Waals surface area contributed by atoms with E-state index in [9.17, 15) is 23.4 Å². The third-order valence-electron chi connectivity index (χ3n) is 5.25. The van der Waals surface area contributed by atoms with Crippen molar-refractivity contribution in [2.45, 2.75) is 29.2 Å². The third-order valence-corrected chi connectivity index (χ3v) is 7.23. The predicted molar refractivity (Wildman–Crippen MR) is 133 cm³/mol. The van der Waals surface area contributed by atoms with Crippen LogP contribution in [0.1, 0.15) is 33.2 Å². The molecule has 0 bridgehead atoms. The number of carbonyl (C=O) groups is 1. The number of aliphatic hydroxyl groups is 1. The molecule has 1 atom stereocenters. The molecule has 0 spiro atoms. The highest BCUT2D eigenvalue weighted by Gasteiger charge is 2.22. The summed E-state index contributed by atoms with van der Waals surface area (Å²) in [5.41, 5.74) is 6.90. The Balaban J connectivity index is 0.00000408. The second-order valence-electron chi connectivity index (χ2n) is 7.67. The minimum absolute atomic E-state index is 0. The van der Waals surface area contributed by atoms with Gasteiger partial charge in [-0.25, -0.2) is 8.42 Å². The van der Waals surface area contributed by atoms with E-state index in [0.29, 0.717) is 24.5 Å². The van der Waals surface area contributed by atoms with Gasteiger partial charge in [-0.1, -0.05) is 35.9 Å². The summed E-state index contributed by atoms with van der Waals surface area (Å²) in [4.78, 5) is 11.5. The highest BCUT2D eigenvalue weighted by Crippen LogP contribution is 2.29. The Bertz CT molecular complexity index is 1260. The van der Waals surface area contributed by atoms with E-state index < -0.39 is 21.8 Å². The lowest BCUT2D eigenvalue weighted by molar-refractivity contribution is 0.0997. The van der Waals surface area contributed by atoms with Crippen molar-refractivity contribution in [2.75, 3.05) is 13.1 Å². The number of aliphatic hydroxyl groups excluding tert-OH is 1. The average Bonchev–Trinajstić information content (AvgIpc) is 2.78. The Morgan fingerprint density at radius 1 is 1.09 bits per heavy atom. The van der Waals surface area contributed by atoms with Gasteiger partial charge in [0.2, 0.25) is 9.84 Å². The molecule has 0 aliphatic rings. The fourth-order valence-electron chi connectivity index (χ4n) is 3.36. The van der Waals surface area contributed by atoms with Crippen LogP contribution in [0.15, 0.2) is 70.5 Å². The number of primary amides is 1. The number of halogens is 2. The van der Waals surface area contributed by atoms with E-state index in [2.05, 4.69) is 5.32 Å². The monoisotopic (exact) mass is 524 g/mol. The number of amides is 1. The summed E-state index contributed by atoms with van der Waals surface area (Å²) in [7, 11) is -3.90. The van der Waals surface area contributed by atoms with Crippen molar-refractivity contribution >= 4 is 39.8 Å². The van der Waals surface area contributed by atoms with Gasteiger partial charge in [-0.2, -0.15) is 0 Å². The van der Waals surface area contributed by atoms with E-state index in [1.54, 1.807) is 36.4 Å². The number of nitrogens with one attached hydrogen (secondary N) is 1. The summed E-state index contributed by atoms with van der Waals surface area (Å²) in [5, 5.41) is 23.9. The number of benzene rings is 3. The first-order valence-electron chi connectivity index (χ1n) is 10.2. The number of sulfone groups is 1. The summed E-state index contributed by atoms with van der Waals surface area (Å²) < 4.78 is 26.0. The summed E-state index contributed by atoms with van der Waals surface area (Å²) >= 11 is 5.94. The van der Waals surface area contributed by atoms with Crippen LogP contribution in [0.5, 0.6) is 5.75 Å². The molecule has 0 saturated heterocycles. The molecule has 7 nitrogen and oxygen atoms in total. The van der Waals surface area contributed by atoms with E-state index in [4.69, 9.17) is 17.3 Å². The van der Waals surface area contributed by atoms with E-state index in [-0.39, 0.29) is 39.1 Å². The highest BCUT2D eigenvalue weighted by atomic mass is 35.5. The predicted octanol–water partition coefficient (Wildman–Crippen LogP) is 3.57. The minimum atomic E-state index is -3.90. The summed E-state index contributed by atoms with van der Waals surface area (Å²) in [6.07, 6.45) is -0.0532. The molecule has 0 saturated carbocycles. The summed E-state index contributed by atoms with van der Waals surface area (Å²) in [5.74, 6) is -1.24. The van der Waals surface area contributed by atoms with E-state index in [0.717, 1.165) is 17.2 Å². The zero-order valence-corrected chi connectivity index (χ0v) is 20.8. The van der Waals surface area contributed by atoms with Gasteiger partial charge in [0.05, 0.1) is 21.5 Å². The molecule has 3 rings (SSSR count). The number of hydrogen-bond acceptors (Lipinski definition) is 6. The Morgan fingerprint density at radius 3 is 2.38 bits per heavy atom. The summed E-state index contributed by atoms with van der Waals surface area (Å²) in [6, 6.07) is 15.9. The number of nitrogens with two attached hydrogens (primary N) is 1. The lowest BCUT2D eigenvalue weighted by Gasteiger charge is -2.13. The molecule has 0 radical (unpaired) electrons. The molecule has 3 aromatic rings. The third kappa shape index (κ3) is 6.49. The molecule has 0 aromatic heterocycles. The van der Waals surface area contributed by atoms with Crippen LogP contribution in [0.4, 0.5) is 0 Å². The van der Waals surface area contributed by atoms with E-state index >= 15 is 0 Å². The molecule has 0 aliphatic carbocycles. The van der Waals surface area contributed by atoms with Gasteiger partial charge >= 0.3 is 0 Å². The SMILES string of the molecule is Cc1cc(S(=O)(=O)c2ccc(CCNC[C@@H](O)c3cccc(Cl)c3)cc2)cc(C(N)=O)c1O.Cl. The van der Waals surface area contributed by atoms with Crippen LogP contribution < -0.4 is 11.1 Å². The molecular weight excluding hydrogens is 499 g/mol. The topological polar surface area (TPSA) is 130 Å². The Kier molecular flexibility index (Phi) is 9.49. The quantitative estimate of drug-likeness (QED) is 0.316. The van der Waals surface area contributed by atoms with Crippen molar-refractivity contribution in [1.82, 2.24) is 5.32 Å². The first-order chi connectivity index (χ1) is 15.6. The Morgan fingerprint density at radius 2 is 1.76 bits per heavy atom. The molecule has 1 amide bonds. The van der Waals surface area contributed by atoms with Crippen LogP contribution in [0.2, 0.25) is 5.02 Å². The zero-order valence-electron chi connectivity index (χ0n) is 18.4. The first kappa shape index (κ1) is 27.6. The highest BCUT2D eigenvalue weighted by molar-refractivity contribution is 7.91. The van der Waals surface area contributed by atoms with Crippen LogP contribution in [-0.2, 0) is 16.3 Å². The van der Waals surface area contributed by atoms with Crippen molar-refractivity contribution in [3.05, 3.63) is 87.9 Å². The number of phenols is 1. The molecule has 0 unspecified atom stereocenters. The molecule has 182 valence electrons. The van der Waals surface area contributed by atoms with Crippen LogP contribution in [0.3, 0.4) is 0 Å². The van der Waals surface area contributed by atoms with Crippen molar-refractivity contribution in [1.29, 1.82) is 0 Å². The normalized spacial score (nSPS) is 12.1. The molecule has 3 aromatic carbocycles. The van der Waals surface area contributed by atoms with E-state index in [1.165, 1.54) is 25.1 Å². The van der Waals surface area contributed by atoms with Crippen molar-refractivity contribution in [2.24, 2.45) is 5.73 Å². The van der Waals surface area contributed by atoms with Crippen molar-refractivity contribution in [3.63, 3.8) is 0 Å². The summed E-state index contributed by atoms with van der Waals surface area (Å²) in [6.45, 7) is 2.44. The number of aryl methyl sites for hydroxylation is 1. The number of rotatable bonds is 9. The second kappa shape index (κ2) is 11.7. The number of hydrogen-bond donors (Lipinski definition) is 4. The standard InChI is InChI=1S/C24H25ClN2O5S.ClH/c1-15-11-20(13-21(23(15)29)24(26)30)33(31,32)19-7-5-16(6-8-19)9-10-27-14-22(28)17-3-2-4-18(25)12-17;/h2-8,11-13,22,27-29H,9-10,14H2,1H3,(H2,26,30);1H/t22-;/m1./s1. The number of aromatic hydroxyl groups is 1. The van der Waals surface area contributed by atoms with Gasteiger partial charge in [-0.15, -0.1) is 12.4 Å². The van der Waals surface area contributed by atoms with Crippen molar-refractivity contribution < 1.29 is 23.4 Å². The Labute approximate surface area is 209 Å². The molecule has 5 N–H and O–H groups in total. The maximum atomic E-state index is 13.0. The van der Waals surface area contributed by atoms with Crippen LogP contribution in [0.25, 0.3) is 0 Å². The van der Waals surface area contributed by atoms with Gasteiger partial charge in [0, 0.05) is 11.6 Å². The lowest BCUT2D eigenvalue weighted by atomic mass is 10.1. The molecular formula is C24H26Cl2N2O5S. The van der Waals surface area contributed by atoms with Gasteiger partial charge in [0.1, 0.15) is 5.75 Å². The van der Waals surface area contributed by atoms with Gasteiger partial charge in [-0.3, -0.25) is 4.79 Å². The van der Waals surface area contributed by atoms with Crippen LogP contribution in [-0.4, -0.2) is 37.6 Å². The average molecular weight is 525 g/mol. The minimum Gasteiger partial charge on any atom is -0.507 e. The van der Waals surface area contributed by atoms with Crippen molar-refractivity contribution in [3.8, 4) is 5.75 Å². The Hall–Kier alpha value is -2.62. The van der Waals surface area contributed by atoms with Gasteiger partial charge in [-0.05, 0) is 73.0 Å². The zero-order chi connectivity index (χ0) is 24.2. The van der Waals surface area contributed by atoms with Gasteiger partial charge in [0.25, 0.3) is 5.91 Å². The van der Waals surface area contributed by atoms with E-state index in [1.807, 2.05) is 0 Å². The fraction of sp³-hybridized carbons (Fsp3) is 0.208. The largest absolute Gasteiger partial charge is 0.507 e. The lowest BCUT2D eigenvalue weighted by Crippen LogP contribution is -2.23. The molecule has 10 heteroatoms. The molecule has 34 heavy (non-hydrogen) atoms. The second-order valence-corrected chi connectivity index (χ2v) is 10.1. The number of carbonyl (C=O) groups excluding carboxylic acids is 1. The smallest absolute Gasteiger partial charge is 0.252 e. The first-order valence-corrected chi connectivity index (χ1v) is 12.1. The van der Waals surface area contributed by atoms with Gasteiger partial charge < -0.3 is 21.3 Å². The maximum absolute atomic E-state index is 13.0.